The summed E-state index contributed by atoms with van der Waals surface area (Å²) in [6.07, 6.45) is 6.14. The van der Waals surface area contributed by atoms with E-state index in [9.17, 15) is 4.79 Å². The van der Waals surface area contributed by atoms with Crippen LogP contribution in [-0.2, 0) is 4.79 Å². The molecule has 2 aromatic carbocycles. The van der Waals surface area contributed by atoms with Crippen LogP contribution in [0.3, 0.4) is 0 Å². The summed E-state index contributed by atoms with van der Waals surface area (Å²) in [6, 6.07) is 16.1. The molecule has 0 radical (unpaired) electrons. The number of pyridine rings is 1. The number of hydrogen-bond donors (Lipinski definition) is 1. The van der Waals surface area contributed by atoms with Gasteiger partial charge in [-0.2, -0.15) is 0 Å². The predicted molar refractivity (Wildman–Crippen MR) is 83.8 cm³/mol. The highest BCUT2D eigenvalue weighted by atomic mass is 16.4. The maximum Gasteiger partial charge on any atom is 0.328 e. The van der Waals surface area contributed by atoms with E-state index in [1.54, 1.807) is 18.5 Å². The Morgan fingerprint density at radius 2 is 1.86 bits per heavy atom. The highest BCUT2D eigenvalue weighted by Gasteiger charge is 2.04. The molecule has 0 fully saturated rings. The highest BCUT2D eigenvalue weighted by molar-refractivity contribution is 5.91. The number of rotatable bonds is 3. The van der Waals surface area contributed by atoms with Gasteiger partial charge in [-0.3, -0.25) is 4.98 Å². The molecule has 3 aromatic rings. The van der Waals surface area contributed by atoms with Crippen LogP contribution in [0, 0.1) is 0 Å². The normalized spacial score (nSPS) is 11.0. The van der Waals surface area contributed by atoms with Gasteiger partial charge in [0.05, 0.1) is 0 Å². The highest BCUT2D eigenvalue weighted by Crippen LogP contribution is 2.27. The van der Waals surface area contributed by atoms with Gasteiger partial charge in [0.25, 0.3) is 0 Å². The Bertz CT molecular complexity index is 837. The Hall–Kier alpha value is -2.94. The van der Waals surface area contributed by atoms with Crippen LogP contribution in [0.1, 0.15) is 5.56 Å². The maximum atomic E-state index is 10.7. The summed E-state index contributed by atoms with van der Waals surface area (Å²) in [6.45, 7) is 0. The van der Waals surface area contributed by atoms with Gasteiger partial charge < -0.3 is 5.11 Å². The lowest BCUT2D eigenvalue weighted by molar-refractivity contribution is -0.131. The molecule has 0 amide bonds. The van der Waals surface area contributed by atoms with Gasteiger partial charge in [0, 0.05) is 24.0 Å². The molecule has 0 bridgehead atoms. The number of carboxylic acid groups (broad SMARTS) is 1. The van der Waals surface area contributed by atoms with Crippen molar-refractivity contribution in [2.75, 3.05) is 0 Å². The van der Waals surface area contributed by atoms with Crippen LogP contribution in [-0.4, -0.2) is 16.1 Å². The fourth-order valence-corrected chi connectivity index (χ4v) is 2.31. The lowest BCUT2D eigenvalue weighted by Crippen LogP contribution is -1.89. The first-order valence-corrected chi connectivity index (χ1v) is 6.58. The number of carboxylic acids is 1. The molecule has 3 nitrogen and oxygen atoms in total. The van der Waals surface area contributed by atoms with E-state index >= 15 is 0 Å². The molecule has 102 valence electrons. The SMILES string of the molecule is O=C(O)C=Cc1ccncc1-c1ccc2ccccc2c1. The van der Waals surface area contributed by atoms with E-state index < -0.39 is 5.97 Å². The Morgan fingerprint density at radius 1 is 1.05 bits per heavy atom. The molecule has 0 unspecified atom stereocenters. The number of fused-ring (bicyclic) bond motifs is 1. The molecular formula is C18H13NO2. The summed E-state index contributed by atoms with van der Waals surface area (Å²) >= 11 is 0. The second-order valence-corrected chi connectivity index (χ2v) is 4.70. The first kappa shape index (κ1) is 13.1. The lowest BCUT2D eigenvalue weighted by Gasteiger charge is -2.07. The van der Waals surface area contributed by atoms with Crippen molar-refractivity contribution in [2.24, 2.45) is 0 Å². The van der Waals surface area contributed by atoms with Gasteiger partial charge in [-0.1, -0.05) is 36.4 Å². The molecule has 0 aliphatic heterocycles. The number of carbonyl (C=O) groups is 1. The molecule has 0 saturated carbocycles. The molecule has 0 aliphatic rings. The van der Waals surface area contributed by atoms with Gasteiger partial charge in [0.2, 0.25) is 0 Å². The second-order valence-electron chi connectivity index (χ2n) is 4.70. The molecule has 3 heteroatoms. The van der Waals surface area contributed by atoms with Crippen LogP contribution in [0.5, 0.6) is 0 Å². The fraction of sp³-hybridized carbons (Fsp3) is 0. The van der Waals surface area contributed by atoms with Gasteiger partial charge in [0.15, 0.2) is 0 Å². The first-order valence-electron chi connectivity index (χ1n) is 6.58. The summed E-state index contributed by atoms with van der Waals surface area (Å²) in [7, 11) is 0. The molecule has 0 aliphatic carbocycles. The van der Waals surface area contributed by atoms with Crippen molar-refractivity contribution < 1.29 is 9.90 Å². The van der Waals surface area contributed by atoms with E-state index in [0.717, 1.165) is 28.2 Å². The third-order valence-electron chi connectivity index (χ3n) is 3.32. The van der Waals surface area contributed by atoms with Gasteiger partial charge in [-0.05, 0) is 40.1 Å². The van der Waals surface area contributed by atoms with E-state index in [4.69, 9.17) is 5.11 Å². The quantitative estimate of drug-likeness (QED) is 0.735. The molecular weight excluding hydrogens is 262 g/mol. The minimum Gasteiger partial charge on any atom is -0.478 e. The third-order valence-corrected chi connectivity index (χ3v) is 3.32. The van der Waals surface area contributed by atoms with Gasteiger partial charge in [-0.25, -0.2) is 4.79 Å². The minimum atomic E-state index is -0.962. The van der Waals surface area contributed by atoms with Crippen LogP contribution >= 0.6 is 0 Å². The van der Waals surface area contributed by atoms with Crippen LogP contribution in [0.4, 0.5) is 0 Å². The van der Waals surface area contributed by atoms with Crippen molar-refractivity contribution in [1.82, 2.24) is 4.98 Å². The topological polar surface area (TPSA) is 50.2 Å². The van der Waals surface area contributed by atoms with Crippen LogP contribution in [0.2, 0.25) is 0 Å². The van der Waals surface area contributed by atoms with Crippen molar-refractivity contribution in [3.63, 3.8) is 0 Å². The van der Waals surface area contributed by atoms with E-state index in [2.05, 4.69) is 29.2 Å². The number of nitrogens with zero attached hydrogens (tertiary/aromatic N) is 1. The van der Waals surface area contributed by atoms with Gasteiger partial charge in [0.1, 0.15) is 0 Å². The summed E-state index contributed by atoms with van der Waals surface area (Å²) in [5.41, 5.74) is 2.77. The Morgan fingerprint density at radius 3 is 2.67 bits per heavy atom. The van der Waals surface area contributed by atoms with Gasteiger partial charge >= 0.3 is 5.97 Å². The summed E-state index contributed by atoms with van der Waals surface area (Å²) < 4.78 is 0. The van der Waals surface area contributed by atoms with Crippen molar-refractivity contribution in [2.45, 2.75) is 0 Å². The zero-order valence-corrected chi connectivity index (χ0v) is 11.2. The summed E-state index contributed by atoms with van der Waals surface area (Å²) in [5, 5.41) is 11.1. The average Bonchev–Trinajstić information content (AvgIpc) is 2.52. The molecule has 1 aromatic heterocycles. The molecule has 0 saturated heterocycles. The molecule has 0 spiro atoms. The van der Waals surface area contributed by atoms with Gasteiger partial charge in [-0.15, -0.1) is 0 Å². The van der Waals surface area contributed by atoms with Crippen LogP contribution < -0.4 is 0 Å². The van der Waals surface area contributed by atoms with Crippen LogP contribution in [0.15, 0.2) is 67.0 Å². The van der Waals surface area contributed by atoms with Crippen molar-refractivity contribution >= 4 is 22.8 Å². The Labute approximate surface area is 122 Å². The van der Waals surface area contributed by atoms with Crippen molar-refractivity contribution in [3.8, 4) is 11.1 Å². The number of hydrogen-bond acceptors (Lipinski definition) is 2. The number of aromatic nitrogens is 1. The average molecular weight is 275 g/mol. The Balaban J connectivity index is 2.12. The van der Waals surface area contributed by atoms with Crippen molar-refractivity contribution in [1.29, 1.82) is 0 Å². The predicted octanol–water partition coefficient (Wildman–Crippen LogP) is 4.00. The fourth-order valence-electron chi connectivity index (χ4n) is 2.31. The van der Waals surface area contributed by atoms with Crippen LogP contribution in [0.25, 0.3) is 28.0 Å². The standard InChI is InChI=1S/C18H13NO2/c20-18(21)8-7-14-9-10-19-12-17(14)16-6-5-13-3-1-2-4-15(13)11-16/h1-12H,(H,20,21). The maximum absolute atomic E-state index is 10.7. The largest absolute Gasteiger partial charge is 0.478 e. The smallest absolute Gasteiger partial charge is 0.328 e. The Kier molecular flexibility index (Phi) is 3.48. The zero-order chi connectivity index (χ0) is 14.7. The number of benzene rings is 2. The van der Waals surface area contributed by atoms with E-state index in [-0.39, 0.29) is 0 Å². The van der Waals surface area contributed by atoms with E-state index in [1.165, 1.54) is 5.39 Å². The lowest BCUT2D eigenvalue weighted by atomic mass is 9.99. The third kappa shape index (κ3) is 2.82. The van der Waals surface area contributed by atoms with Crippen molar-refractivity contribution in [3.05, 3.63) is 72.6 Å². The first-order chi connectivity index (χ1) is 10.2. The molecule has 0 atom stereocenters. The van der Waals surface area contributed by atoms with E-state index in [0.29, 0.717) is 0 Å². The second kappa shape index (κ2) is 5.59. The monoisotopic (exact) mass is 275 g/mol. The minimum absolute atomic E-state index is 0.836. The molecule has 1 heterocycles. The number of aliphatic carboxylic acids is 1. The molecule has 1 N–H and O–H groups in total. The molecule has 3 rings (SSSR count). The summed E-state index contributed by atoms with van der Waals surface area (Å²) in [4.78, 5) is 14.8. The van der Waals surface area contributed by atoms with E-state index in [1.807, 2.05) is 24.3 Å². The zero-order valence-electron chi connectivity index (χ0n) is 11.2. The summed E-state index contributed by atoms with van der Waals surface area (Å²) in [5.74, 6) is -0.962. The molecule has 21 heavy (non-hydrogen) atoms.